The SMILES string of the molecule is CCCCCCCCOc1ccc(OCCCCCCCCOC(=O)CCC(=O)OCCC)c(C(=O)OCCCCCCO)c1. The lowest BCUT2D eigenvalue weighted by atomic mass is 10.1. The first-order valence-electron chi connectivity index (χ1n) is 17.5. The van der Waals surface area contributed by atoms with E-state index in [1.807, 2.05) is 13.0 Å². The van der Waals surface area contributed by atoms with E-state index >= 15 is 0 Å². The van der Waals surface area contributed by atoms with Crippen molar-refractivity contribution in [3.8, 4) is 11.5 Å². The van der Waals surface area contributed by atoms with E-state index < -0.39 is 5.97 Å². The number of rotatable bonds is 30. The summed E-state index contributed by atoms with van der Waals surface area (Å²) in [5.74, 6) is 0.0206. The van der Waals surface area contributed by atoms with Crippen molar-refractivity contribution < 1.29 is 43.2 Å². The van der Waals surface area contributed by atoms with Gasteiger partial charge >= 0.3 is 17.9 Å². The van der Waals surface area contributed by atoms with Crippen molar-refractivity contribution in [3.63, 3.8) is 0 Å². The van der Waals surface area contributed by atoms with E-state index in [4.69, 9.17) is 28.8 Å². The third-order valence-electron chi connectivity index (χ3n) is 7.28. The second-order valence-electron chi connectivity index (χ2n) is 11.5. The summed E-state index contributed by atoms with van der Waals surface area (Å²) in [6, 6.07) is 5.37. The van der Waals surface area contributed by atoms with E-state index in [0.29, 0.717) is 50.1 Å². The molecule has 0 aliphatic rings. The van der Waals surface area contributed by atoms with Gasteiger partial charge in [0.2, 0.25) is 0 Å². The van der Waals surface area contributed by atoms with E-state index in [0.717, 1.165) is 83.5 Å². The number of aliphatic hydroxyl groups is 1. The average Bonchev–Trinajstić information content (AvgIpc) is 3.05. The van der Waals surface area contributed by atoms with Crippen molar-refractivity contribution in [1.29, 1.82) is 0 Å². The molecule has 9 nitrogen and oxygen atoms in total. The van der Waals surface area contributed by atoms with Crippen LogP contribution in [0.1, 0.15) is 146 Å². The van der Waals surface area contributed by atoms with Crippen molar-refractivity contribution in [1.82, 2.24) is 0 Å². The van der Waals surface area contributed by atoms with E-state index in [1.54, 1.807) is 12.1 Å². The number of aliphatic hydroxyl groups excluding tert-OH is 1. The second kappa shape index (κ2) is 28.6. The van der Waals surface area contributed by atoms with Gasteiger partial charge in [0.25, 0.3) is 0 Å². The van der Waals surface area contributed by atoms with Gasteiger partial charge in [-0.05, 0) is 63.1 Å². The highest BCUT2D eigenvalue weighted by Gasteiger charge is 2.16. The maximum Gasteiger partial charge on any atom is 0.342 e. The van der Waals surface area contributed by atoms with Gasteiger partial charge in [-0.15, -0.1) is 0 Å². The Morgan fingerprint density at radius 1 is 0.556 bits per heavy atom. The highest BCUT2D eigenvalue weighted by molar-refractivity contribution is 5.93. The minimum absolute atomic E-state index is 0.0579. The van der Waals surface area contributed by atoms with E-state index in [9.17, 15) is 14.4 Å². The number of hydrogen-bond donors (Lipinski definition) is 1. The van der Waals surface area contributed by atoms with Gasteiger partial charge in [0.1, 0.15) is 17.1 Å². The zero-order valence-corrected chi connectivity index (χ0v) is 28.1. The predicted octanol–water partition coefficient (Wildman–Crippen LogP) is 8.13. The first-order chi connectivity index (χ1) is 22.0. The van der Waals surface area contributed by atoms with Crippen molar-refractivity contribution >= 4 is 17.9 Å². The summed E-state index contributed by atoms with van der Waals surface area (Å²) in [5, 5.41) is 8.93. The van der Waals surface area contributed by atoms with Crippen molar-refractivity contribution in [2.24, 2.45) is 0 Å². The molecule has 258 valence electrons. The highest BCUT2D eigenvalue weighted by Crippen LogP contribution is 2.26. The Bertz CT molecular complexity index is 903. The molecule has 0 bridgehead atoms. The van der Waals surface area contributed by atoms with Crippen LogP contribution in [0.5, 0.6) is 11.5 Å². The minimum Gasteiger partial charge on any atom is -0.494 e. The molecule has 0 radical (unpaired) electrons. The summed E-state index contributed by atoms with van der Waals surface area (Å²) < 4.78 is 27.6. The fourth-order valence-electron chi connectivity index (χ4n) is 4.61. The Morgan fingerprint density at radius 2 is 1.07 bits per heavy atom. The third kappa shape index (κ3) is 22.4. The zero-order valence-electron chi connectivity index (χ0n) is 28.1. The molecule has 0 aliphatic carbocycles. The van der Waals surface area contributed by atoms with Crippen LogP contribution in [-0.2, 0) is 23.8 Å². The Morgan fingerprint density at radius 3 is 1.67 bits per heavy atom. The molecule has 9 heteroatoms. The second-order valence-corrected chi connectivity index (χ2v) is 11.5. The molecule has 45 heavy (non-hydrogen) atoms. The highest BCUT2D eigenvalue weighted by atomic mass is 16.5. The molecule has 0 atom stereocenters. The lowest BCUT2D eigenvalue weighted by molar-refractivity contribution is -0.150. The Hall–Kier alpha value is -2.81. The van der Waals surface area contributed by atoms with Crippen LogP contribution in [0.15, 0.2) is 18.2 Å². The number of hydrogen-bond acceptors (Lipinski definition) is 9. The summed E-state index contributed by atoms with van der Waals surface area (Å²) in [4.78, 5) is 36.1. The van der Waals surface area contributed by atoms with Gasteiger partial charge in [-0.3, -0.25) is 9.59 Å². The number of carbonyl (C=O) groups is 3. The Labute approximate surface area is 271 Å². The standard InChI is InChI=1S/C36H60O9/c1-3-5-6-7-11-16-26-41-31-20-21-33(32(30-31)36(40)45-29-19-14-10-15-24-37)42-27-17-12-8-9-13-18-28-44-35(39)23-22-34(38)43-25-4-2/h20-21,30,37H,3-19,22-29H2,1-2H3. The monoisotopic (exact) mass is 636 g/mol. The van der Waals surface area contributed by atoms with Crippen molar-refractivity contribution in [3.05, 3.63) is 23.8 Å². The molecule has 0 aromatic heterocycles. The van der Waals surface area contributed by atoms with Gasteiger partial charge in [-0.1, -0.05) is 78.1 Å². The molecule has 0 spiro atoms. The first kappa shape index (κ1) is 40.2. The Kier molecular flexibility index (Phi) is 25.6. The molecule has 0 fully saturated rings. The molecule has 0 saturated heterocycles. The van der Waals surface area contributed by atoms with Gasteiger partial charge in [-0.25, -0.2) is 4.79 Å². The molecule has 1 aromatic rings. The van der Waals surface area contributed by atoms with Gasteiger partial charge in [0.15, 0.2) is 0 Å². The van der Waals surface area contributed by atoms with Gasteiger partial charge < -0.3 is 28.8 Å². The van der Waals surface area contributed by atoms with Crippen molar-refractivity contribution in [2.45, 2.75) is 136 Å². The molecule has 0 unspecified atom stereocenters. The molecule has 1 N–H and O–H groups in total. The summed E-state index contributed by atoms with van der Waals surface area (Å²) >= 11 is 0. The number of unbranched alkanes of at least 4 members (excludes halogenated alkanes) is 13. The van der Waals surface area contributed by atoms with Crippen LogP contribution in [-0.4, -0.2) is 62.7 Å². The third-order valence-corrected chi connectivity index (χ3v) is 7.28. The maximum absolute atomic E-state index is 12.9. The normalized spacial score (nSPS) is 10.8. The number of esters is 3. The molecule has 1 aromatic carbocycles. The van der Waals surface area contributed by atoms with Gasteiger partial charge in [-0.2, -0.15) is 0 Å². The average molecular weight is 637 g/mol. The summed E-state index contributed by atoms with van der Waals surface area (Å²) in [7, 11) is 0. The lowest BCUT2D eigenvalue weighted by Crippen LogP contribution is -2.11. The maximum atomic E-state index is 12.9. The van der Waals surface area contributed by atoms with Crippen molar-refractivity contribution in [2.75, 3.05) is 39.6 Å². The molecule has 0 heterocycles. The first-order valence-corrected chi connectivity index (χ1v) is 17.5. The fraction of sp³-hybridized carbons (Fsp3) is 0.750. The summed E-state index contributed by atoms with van der Waals surface area (Å²) in [6.45, 7) is 6.51. The quantitative estimate of drug-likeness (QED) is 0.0507. The Balaban J connectivity index is 2.36. The molecular formula is C36H60O9. The summed E-state index contributed by atoms with van der Waals surface area (Å²) in [6.07, 6.45) is 17.0. The minimum atomic E-state index is -0.408. The van der Waals surface area contributed by atoms with Crippen LogP contribution in [0.2, 0.25) is 0 Å². The molecule has 1 rings (SSSR count). The van der Waals surface area contributed by atoms with E-state index in [1.165, 1.54) is 25.7 Å². The van der Waals surface area contributed by atoms with E-state index in [2.05, 4.69) is 6.92 Å². The topological polar surface area (TPSA) is 118 Å². The van der Waals surface area contributed by atoms with Crippen LogP contribution in [0.25, 0.3) is 0 Å². The molecule has 0 amide bonds. The van der Waals surface area contributed by atoms with Crippen LogP contribution in [0, 0.1) is 0 Å². The smallest absolute Gasteiger partial charge is 0.342 e. The number of benzene rings is 1. The summed E-state index contributed by atoms with van der Waals surface area (Å²) in [5.41, 5.74) is 0.387. The molecule has 0 aliphatic heterocycles. The zero-order chi connectivity index (χ0) is 32.8. The fourth-order valence-corrected chi connectivity index (χ4v) is 4.61. The van der Waals surface area contributed by atoms with Crippen LogP contribution in [0.3, 0.4) is 0 Å². The molecular weight excluding hydrogens is 576 g/mol. The molecule has 0 saturated carbocycles. The van der Waals surface area contributed by atoms with Crippen LogP contribution in [0.4, 0.5) is 0 Å². The van der Waals surface area contributed by atoms with E-state index in [-0.39, 0.29) is 31.4 Å². The van der Waals surface area contributed by atoms with Gasteiger partial charge in [0, 0.05) is 6.61 Å². The van der Waals surface area contributed by atoms with Gasteiger partial charge in [0.05, 0.1) is 45.9 Å². The largest absolute Gasteiger partial charge is 0.494 e. The number of ether oxygens (including phenoxy) is 5. The number of carbonyl (C=O) groups excluding carboxylic acids is 3. The van der Waals surface area contributed by atoms with Crippen LogP contribution < -0.4 is 9.47 Å². The predicted molar refractivity (Wildman–Crippen MR) is 176 cm³/mol. The van der Waals surface area contributed by atoms with Crippen LogP contribution >= 0.6 is 0 Å². The lowest BCUT2D eigenvalue weighted by Gasteiger charge is -2.14.